The maximum atomic E-state index is 5.56. The third-order valence-electron chi connectivity index (χ3n) is 4.16. The van der Waals surface area contributed by atoms with Gasteiger partial charge in [0.05, 0.1) is 33.6 Å². The van der Waals surface area contributed by atoms with E-state index in [-0.39, 0.29) is 0 Å². The van der Waals surface area contributed by atoms with Gasteiger partial charge >= 0.3 is 0 Å². The lowest BCUT2D eigenvalue weighted by atomic mass is 10.2. The van der Waals surface area contributed by atoms with Gasteiger partial charge in [0.1, 0.15) is 6.26 Å². The van der Waals surface area contributed by atoms with E-state index in [2.05, 4.69) is 20.6 Å². The number of nitrogens with zero attached hydrogens (tertiary/aromatic N) is 2. The summed E-state index contributed by atoms with van der Waals surface area (Å²) in [6.07, 6.45) is 1.63. The van der Waals surface area contributed by atoms with Gasteiger partial charge < -0.3 is 29.3 Å². The van der Waals surface area contributed by atoms with Gasteiger partial charge in [-0.25, -0.2) is 4.98 Å². The van der Waals surface area contributed by atoms with Gasteiger partial charge in [0.2, 0.25) is 11.6 Å². The molecule has 2 aromatic carbocycles. The summed E-state index contributed by atoms with van der Waals surface area (Å²) in [4.78, 5) is 8.74. The molecule has 0 spiro atoms. The van der Waals surface area contributed by atoms with Gasteiger partial charge in [0.15, 0.2) is 17.5 Å². The third kappa shape index (κ3) is 4.78. The van der Waals surface area contributed by atoms with Crippen LogP contribution in [0.25, 0.3) is 11.5 Å². The van der Waals surface area contributed by atoms with E-state index in [0.29, 0.717) is 35.6 Å². The number of nitrogens with one attached hydrogen (secondary N) is 2. The van der Waals surface area contributed by atoms with Crippen molar-refractivity contribution in [3.05, 3.63) is 54.4 Å². The fourth-order valence-corrected chi connectivity index (χ4v) is 2.74. The van der Waals surface area contributed by atoms with Crippen molar-refractivity contribution in [1.82, 2.24) is 10.3 Å². The molecule has 0 aliphatic heterocycles. The molecule has 29 heavy (non-hydrogen) atoms. The van der Waals surface area contributed by atoms with Crippen LogP contribution < -0.4 is 24.8 Å². The Kier molecular flexibility index (Phi) is 6.57. The number of aromatic nitrogens is 1. The van der Waals surface area contributed by atoms with E-state index in [4.69, 9.17) is 18.6 Å². The Bertz CT molecular complexity index is 945. The van der Waals surface area contributed by atoms with Gasteiger partial charge in [0, 0.05) is 30.4 Å². The molecule has 0 bridgehead atoms. The molecule has 1 heterocycles. The number of methoxy groups -OCH3 is 3. The second-order valence-electron chi connectivity index (χ2n) is 5.97. The summed E-state index contributed by atoms with van der Waals surface area (Å²) in [5.41, 5.74) is 2.42. The molecule has 3 rings (SSSR count). The lowest BCUT2D eigenvalue weighted by Crippen LogP contribution is -2.30. The number of benzene rings is 2. The molecular formula is C21H24N4O4. The highest BCUT2D eigenvalue weighted by Gasteiger charge is 2.14. The molecule has 0 unspecified atom stereocenters. The van der Waals surface area contributed by atoms with Crippen molar-refractivity contribution in [1.29, 1.82) is 0 Å². The number of guanidine groups is 1. The van der Waals surface area contributed by atoms with Crippen molar-refractivity contribution in [3.63, 3.8) is 0 Å². The van der Waals surface area contributed by atoms with E-state index in [1.165, 1.54) is 0 Å². The molecule has 0 saturated carbocycles. The molecule has 0 saturated heterocycles. The summed E-state index contributed by atoms with van der Waals surface area (Å²) in [5, 5.41) is 6.41. The van der Waals surface area contributed by atoms with Gasteiger partial charge in [-0.1, -0.05) is 18.2 Å². The number of oxazole rings is 1. The van der Waals surface area contributed by atoms with E-state index in [0.717, 1.165) is 16.9 Å². The lowest BCUT2D eigenvalue weighted by Gasteiger charge is -2.16. The SMILES string of the molecule is CN=C(NCc1coc(-c2ccccc2)n1)Nc1cc(OC)c(OC)c(OC)c1. The van der Waals surface area contributed by atoms with Crippen molar-refractivity contribution in [2.75, 3.05) is 33.7 Å². The standard InChI is InChI=1S/C21H24N4O4/c1-22-21(25-15-10-17(26-2)19(28-4)18(11-15)27-3)23-12-16-13-29-20(24-16)14-8-6-5-7-9-14/h5-11,13H,12H2,1-4H3,(H2,22,23,25). The zero-order chi connectivity index (χ0) is 20.6. The van der Waals surface area contributed by atoms with Crippen LogP contribution in [0.2, 0.25) is 0 Å². The smallest absolute Gasteiger partial charge is 0.226 e. The quantitative estimate of drug-likeness (QED) is 0.466. The van der Waals surface area contributed by atoms with Crippen LogP contribution in [-0.4, -0.2) is 39.3 Å². The van der Waals surface area contributed by atoms with Gasteiger partial charge in [0.25, 0.3) is 0 Å². The number of aliphatic imine (C=N–C) groups is 1. The van der Waals surface area contributed by atoms with Crippen LogP contribution in [0.1, 0.15) is 5.69 Å². The van der Waals surface area contributed by atoms with Gasteiger partial charge in [-0.3, -0.25) is 4.99 Å². The van der Waals surface area contributed by atoms with Crippen LogP contribution in [-0.2, 0) is 6.54 Å². The highest BCUT2D eigenvalue weighted by molar-refractivity contribution is 5.94. The van der Waals surface area contributed by atoms with E-state index >= 15 is 0 Å². The van der Waals surface area contributed by atoms with Crippen LogP contribution in [0.4, 0.5) is 5.69 Å². The lowest BCUT2D eigenvalue weighted by molar-refractivity contribution is 0.324. The summed E-state index contributed by atoms with van der Waals surface area (Å²) in [5.74, 6) is 2.76. The van der Waals surface area contributed by atoms with Crippen LogP contribution in [0.5, 0.6) is 17.2 Å². The van der Waals surface area contributed by atoms with Gasteiger partial charge in [-0.05, 0) is 12.1 Å². The minimum absolute atomic E-state index is 0.445. The van der Waals surface area contributed by atoms with E-state index in [1.54, 1.807) is 46.8 Å². The summed E-state index contributed by atoms with van der Waals surface area (Å²) >= 11 is 0. The molecule has 0 aliphatic carbocycles. The van der Waals surface area contributed by atoms with Crippen LogP contribution in [0.15, 0.2) is 58.1 Å². The second kappa shape index (κ2) is 9.50. The highest BCUT2D eigenvalue weighted by atomic mass is 16.5. The van der Waals surface area contributed by atoms with Crippen molar-refractivity contribution in [2.45, 2.75) is 6.54 Å². The number of rotatable bonds is 7. The Labute approximate surface area is 169 Å². The number of ether oxygens (including phenoxy) is 3. The average Bonchev–Trinajstić information content (AvgIpc) is 3.25. The first-order chi connectivity index (χ1) is 14.2. The van der Waals surface area contributed by atoms with E-state index in [9.17, 15) is 0 Å². The van der Waals surface area contributed by atoms with Gasteiger partial charge in [-0.15, -0.1) is 0 Å². The molecule has 8 heteroatoms. The minimum atomic E-state index is 0.445. The first kappa shape index (κ1) is 20.1. The molecule has 0 radical (unpaired) electrons. The Morgan fingerprint density at radius 3 is 2.31 bits per heavy atom. The first-order valence-corrected chi connectivity index (χ1v) is 8.96. The molecule has 152 valence electrons. The molecule has 8 nitrogen and oxygen atoms in total. The molecule has 2 N–H and O–H groups in total. The number of hydrogen-bond acceptors (Lipinski definition) is 6. The number of anilines is 1. The molecule has 0 amide bonds. The maximum absolute atomic E-state index is 5.56. The first-order valence-electron chi connectivity index (χ1n) is 8.96. The molecule has 0 fully saturated rings. The molecule has 1 aromatic heterocycles. The predicted octanol–water partition coefficient (Wildman–Crippen LogP) is 3.55. The molecule has 3 aromatic rings. The average molecular weight is 396 g/mol. The second-order valence-corrected chi connectivity index (χ2v) is 5.97. The summed E-state index contributed by atoms with van der Waals surface area (Å²) in [6.45, 7) is 0.445. The minimum Gasteiger partial charge on any atom is -0.493 e. The topological polar surface area (TPSA) is 90.1 Å². The molecule has 0 aliphatic rings. The van der Waals surface area contributed by atoms with Crippen LogP contribution in [0, 0.1) is 0 Å². The van der Waals surface area contributed by atoms with Crippen LogP contribution in [0.3, 0.4) is 0 Å². The zero-order valence-corrected chi connectivity index (χ0v) is 16.9. The van der Waals surface area contributed by atoms with E-state index in [1.807, 2.05) is 30.3 Å². The highest BCUT2D eigenvalue weighted by Crippen LogP contribution is 2.39. The fraction of sp³-hybridized carbons (Fsp3) is 0.238. The molecule has 0 atom stereocenters. The Balaban J connectivity index is 1.68. The summed E-state index contributed by atoms with van der Waals surface area (Å²) in [6, 6.07) is 13.4. The third-order valence-corrected chi connectivity index (χ3v) is 4.16. The maximum Gasteiger partial charge on any atom is 0.226 e. The van der Waals surface area contributed by atoms with E-state index < -0.39 is 0 Å². The Morgan fingerprint density at radius 1 is 1.03 bits per heavy atom. The predicted molar refractivity (Wildman–Crippen MR) is 112 cm³/mol. The Hall–Kier alpha value is -3.68. The monoisotopic (exact) mass is 396 g/mol. The Morgan fingerprint density at radius 2 is 1.72 bits per heavy atom. The summed E-state index contributed by atoms with van der Waals surface area (Å²) in [7, 11) is 6.40. The number of hydrogen-bond donors (Lipinski definition) is 2. The molecular weight excluding hydrogens is 372 g/mol. The van der Waals surface area contributed by atoms with Crippen molar-refractivity contribution >= 4 is 11.6 Å². The van der Waals surface area contributed by atoms with Crippen LogP contribution >= 0.6 is 0 Å². The largest absolute Gasteiger partial charge is 0.493 e. The van der Waals surface area contributed by atoms with Crippen molar-refractivity contribution in [3.8, 4) is 28.7 Å². The summed E-state index contributed by atoms with van der Waals surface area (Å²) < 4.78 is 21.7. The normalized spacial score (nSPS) is 11.1. The van der Waals surface area contributed by atoms with Crippen molar-refractivity contribution in [2.24, 2.45) is 4.99 Å². The zero-order valence-electron chi connectivity index (χ0n) is 16.9. The van der Waals surface area contributed by atoms with Crippen molar-refractivity contribution < 1.29 is 18.6 Å². The fourth-order valence-electron chi connectivity index (χ4n) is 2.74. The van der Waals surface area contributed by atoms with Gasteiger partial charge in [-0.2, -0.15) is 0 Å².